The van der Waals surface area contributed by atoms with Gasteiger partial charge in [-0.25, -0.2) is 0 Å². The smallest absolute Gasteiger partial charge is 0.272 e. The summed E-state index contributed by atoms with van der Waals surface area (Å²) in [5.41, 5.74) is 0.560. The Bertz CT molecular complexity index is 1280. The number of rotatable bonds is 8. The van der Waals surface area contributed by atoms with Gasteiger partial charge in [0.25, 0.3) is 17.5 Å². The number of carbonyl (C=O) groups is 2. The maximum absolute atomic E-state index is 13.1. The van der Waals surface area contributed by atoms with Crippen LogP contribution in [-0.2, 0) is 4.79 Å². The van der Waals surface area contributed by atoms with E-state index in [1.165, 1.54) is 44.6 Å². The summed E-state index contributed by atoms with van der Waals surface area (Å²) in [6, 6.07) is 16.8. The van der Waals surface area contributed by atoms with Crippen LogP contribution < -0.4 is 20.1 Å². The number of hydrogen-bond donors (Lipinski definition) is 2. The SMILES string of the molecule is COc1ccc(NC(=O)C(=Cc2cccc([N+](=O)[O-])c2)NC(=O)c2ccccc2Cl)cc1OC. The predicted octanol–water partition coefficient (Wildman–Crippen LogP) is 4.68. The number of nitrogens with zero attached hydrogens (tertiary/aromatic N) is 1. The van der Waals surface area contributed by atoms with Crippen molar-refractivity contribution in [1.82, 2.24) is 5.32 Å². The number of non-ortho nitro benzene ring substituents is 1. The zero-order chi connectivity index (χ0) is 24.7. The first kappa shape index (κ1) is 24.3. The number of amides is 2. The fourth-order valence-electron chi connectivity index (χ4n) is 3.00. The topological polar surface area (TPSA) is 120 Å². The minimum absolute atomic E-state index is 0.153. The molecule has 0 spiro atoms. The first-order valence-corrected chi connectivity index (χ1v) is 10.3. The molecule has 0 saturated heterocycles. The fraction of sp³-hybridized carbons (Fsp3) is 0.0833. The molecule has 9 nitrogen and oxygen atoms in total. The maximum atomic E-state index is 13.1. The maximum Gasteiger partial charge on any atom is 0.272 e. The van der Waals surface area contributed by atoms with Crippen LogP contribution in [0.5, 0.6) is 11.5 Å². The number of ether oxygens (including phenoxy) is 2. The molecule has 0 aliphatic rings. The van der Waals surface area contributed by atoms with Gasteiger partial charge in [-0.05, 0) is 35.9 Å². The van der Waals surface area contributed by atoms with Gasteiger partial charge in [-0.1, -0.05) is 35.9 Å². The monoisotopic (exact) mass is 481 g/mol. The van der Waals surface area contributed by atoms with Crippen molar-refractivity contribution in [2.24, 2.45) is 0 Å². The summed E-state index contributed by atoms with van der Waals surface area (Å²) in [5, 5.41) is 16.5. The molecule has 0 aliphatic heterocycles. The first-order chi connectivity index (χ1) is 16.3. The van der Waals surface area contributed by atoms with Crippen molar-refractivity contribution in [2.45, 2.75) is 0 Å². The van der Waals surface area contributed by atoms with Gasteiger partial charge in [0.05, 0.1) is 29.7 Å². The number of nitro benzene ring substituents is 1. The van der Waals surface area contributed by atoms with Gasteiger partial charge in [-0.2, -0.15) is 0 Å². The highest BCUT2D eigenvalue weighted by atomic mass is 35.5. The summed E-state index contributed by atoms with van der Waals surface area (Å²) < 4.78 is 10.4. The molecular weight excluding hydrogens is 462 g/mol. The summed E-state index contributed by atoms with van der Waals surface area (Å²) in [7, 11) is 2.95. The Balaban J connectivity index is 1.96. The first-order valence-electron chi connectivity index (χ1n) is 9.87. The van der Waals surface area contributed by atoms with E-state index >= 15 is 0 Å². The zero-order valence-corrected chi connectivity index (χ0v) is 19.0. The molecule has 0 saturated carbocycles. The van der Waals surface area contributed by atoms with Crippen LogP contribution in [0.15, 0.2) is 72.4 Å². The number of nitrogens with one attached hydrogen (secondary N) is 2. The van der Waals surface area contributed by atoms with E-state index in [-0.39, 0.29) is 22.0 Å². The molecular formula is C24H20ClN3O6. The van der Waals surface area contributed by atoms with Crippen LogP contribution in [0, 0.1) is 10.1 Å². The molecule has 2 amide bonds. The van der Waals surface area contributed by atoms with E-state index in [1.54, 1.807) is 42.5 Å². The van der Waals surface area contributed by atoms with Gasteiger partial charge in [-0.15, -0.1) is 0 Å². The molecule has 0 aromatic heterocycles. The van der Waals surface area contributed by atoms with Crippen LogP contribution in [0.3, 0.4) is 0 Å². The number of benzene rings is 3. The summed E-state index contributed by atoms with van der Waals surface area (Å²) in [6.45, 7) is 0. The summed E-state index contributed by atoms with van der Waals surface area (Å²) in [5.74, 6) is -0.423. The molecule has 34 heavy (non-hydrogen) atoms. The third-order valence-corrected chi connectivity index (χ3v) is 4.97. The molecule has 3 aromatic carbocycles. The normalized spacial score (nSPS) is 10.9. The highest BCUT2D eigenvalue weighted by Crippen LogP contribution is 2.30. The number of methoxy groups -OCH3 is 2. The van der Waals surface area contributed by atoms with E-state index in [1.807, 2.05) is 0 Å². The van der Waals surface area contributed by atoms with Crippen LogP contribution in [0.4, 0.5) is 11.4 Å². The van der Waals surface area contributed by atoms with Crippen molar-refractivity contribution in [1.29, 1.82) is 0 Å². The van der Waals surface area contributed by atoms with E-state index in [2.05, 4.69) is 10.6 Å². The molecule has 0 unspecified atom stereocenters. The fourth-order valence-corrected chi connectivity index (χ4v) is 3.22. The van der Waals surface area contributed by atoms with Gasteiger partial charge in [0.15, 0.2) is 11.5 Å². The molecule has 0 fully saturated rings. The van der Waals surface area contributed by atoms with E-state index < -0.39 is 16.7 Å². The number of nitro groups is 1. The van der Waals surface area contributed by atoms with Gasteiger partial charge >= 0.3 is 0 Å². The quantitative estimate of drug-likeness (QED) is 0.274. The summed E-state index contributed by atoms with van der Waals surface area (Å²) in [4.78, 5) is 36.5. The lowest BCUT2D eigenvalue weighted by Crippen LogP contribution is -2.31. The Hall–Kier alpha value is -4.37. The molecule has 0 heterocycles. The Kier molecular flexibility index (Phi) is 7.83. The van der Waals surface area contributed by atoms with E-state index in [0.29, 0.717) is 22.7 Å². The third-order valence-electron chi connectivity index (χ3n) is 4.64. The Morgan fingerprint density at radius 2 is 1.71 bits per heavy atom. The third kappa shape index (κ3) is 5.90. The largest absolute Gasteiger partial charge is 0.493 e. The highest BCUT2D eigenvalue weighted by molar-refractivity contribution is 6.34. The van der Waals surface area contributed by atoms with Crippen LogP contribution in [-0.4, -0.2) is 31.0 Å². The van der Waals surface area contributed by atoms with Crippen molar-refractivity contribution in [2.75, 3.05) is 19.5 Å². The van der Waals surface area contributed by atoms with Crippen molar-refractivity contribution >= 4 is 40.9 Å². The van der Waals surface area contributed by atoms with Gasteiger partial charge in [-0.3, -0.25) is 19.7 Å². The second kappa shape index (κ2) is 11.0. The average molecular weight is 482 g/mol. The lowest BCUT2D eigenvalue weighted by atomic mass is 10.1. The number of carbonyl (C=O) groups excluding carboxylic acids is 2. The predicted molar refractivity (Wildman–Crippen MR) is 128 cm³/mol. The Morgan fingerprint density at radius 1 is 0.971 bits per heavy atom. The van der Waals surface area contributed by atoms with Crippen molar-refractivity contribution in [3.05, 3.63) is 98.7 Å². The Labute approximate surface area is 200 Å². The lowest BCUT2D eigenvalue weighted by molar-refractivity contribution is -0.384. The molecule has 0 aliphatic carbocycles. The Morgan fingerprint density at radius 3 is 2.38 bits per heavy atom. The number of hydrogen-bond acceptors (Lipinski definition) is 6. The molecule has 0 atom stereocenters. The van der Waals surface area contributed by atoms with Gasteiger partial charge in [0, 0.05) is 23.9 Å². The average Bonchev–Trinajstić information content (AvgIpc) is 2.83. The van der Waals surface area contributed by atoms with Crippen molar-refractivity contribution < 1.29 is 24.0 Å². The molecule has 0 bridgehead atoms. The second-order valence-electron chi connectivity index (χ2n) is 6.87. The van der Waals surface area contributed by atoms with Crippen LogP contribution >= 0.6 is 11.6 Å². The van der Waals surface area contributed by atoms with Gasteiger partial charge in [0.1, 0.15) is 5.70 Å². The molecule has 0 radical (unpaired) electrons. The van der Waals surface area contributed by atoms with Crippen LogP contribution in [0.1, 0.15) is 15.9 Å². The molecule has 3 rings (SSSR count). The van der Waals surface area contributed by atoms with Crippen molar-refractivity contribution in [3.63, 3.8) is 0 Å². The van der Waals surface area contributed by atoms with Crippen molar-refractivity contribution in [3.8, 4) is 11.5 Å². The van der Waals surface area contributed by atoms with Gasteiger partial charge < -0.3 is 20.1 Å². The standard InChI is InChI=1S/C24H20ClN3O6/c1-33-21-11-10-16(14-22(21)34-2)26-24(30)20(13-15-6-5-7-17(12-15)28(31)32)27-23(29)18-8-3-4-9-19(18)25/h3-14H,1-2H3,(H,26,30)(H,27,29). The van der Waals surface area contributed by atoms with Crippen LogP contribution in [0.25, 0.3) is 6.08 Å². The minimum atomic E-state index is -0.667. The number of anilines is 1. The lowest BCUT2D eigenvalue weighted by Gasteiger charge is -2.13. The molecule has 174 valence electrons. The van der Waals surface area contributed by atoms with Gasteiger partial charge in [0.2, 0.25) is 0 Å². The van der Waals surface area contributed by atoms with E-state index in [9.17, 15) is 19.7 Å². The highest BCUT2D eigenvalue weighted by Gasteiger charge is 2.18. The zero-order valence-electron chi connectivity index (χ0n) is 18.2. The molecule has 3 aromatic rings. The van der Waals surface area contributed by atoms with E-state index in [0.717, 1.165) is 0 Å². The van der Waals surface area contributed by atoms with E-state index in [4.69, 9.17) is 21.1 Å². The minimum Gasteiger partial charge on any atom is -0.493 e. The summed E-state index contributed by atoms with van der Waals surface area (Å²) >= 11 is 6.11. The number of halogens is 1. The summed E-state index contributed by atoms with van der Waals surface area (Å²) in [6.07, 6.45) is 1.33. The second-order valence-corrected chi connectivity index (χ2v) is 7.28. The molecule has 2 N–H and O–H groups in total. The molecule has 10 heteroatoms. The van der Waals surface area contributed by atoms with Crippen LogP contribution in [0.2, 0.25) is 5.02 Å².